The number of allylic oxidation sites excluding steroid dienone is 3. The van der Waals surface area contributed by atoms with Gasteiger partial charge in [-0.15, -0.1) is 11.3 Å². The minimum absolute atomic E-state index is 0.0716. The van der Waals surface area contributed by atoms with Crippen LogP contribution in [0.2, 0.25) is 0 Å². The summed E-state index contributed by atoms with van der Waals surface area (Å²) in [6.07, 6.45) is 6.93. The van der Waals surface area contributed by atoms with E-state index in [-0.39, 0.29) is 5.91 Å². The van der Waals surface area contributed by atoms with E-state index in [4.69, 9.17) is 0 Å². The van der Waals surface area contributed by atoms with Crippen LogP contribution in [-0.2, 0) is 11.3 Å². The smallest absolute Gasteiger partial charge is 0.244 e. The summed E-state index contributed by atoms with van der Waals surface area (Å²) in [5.41, 5.74) is 0. The molecule has 0 saturated carbocycles. The average molecular weight is 286 g/mol. The second-order valence-corrected chi connectivity index (χ2v) is 5.36. The van der Waals surface area contributed by atoms with Gasteiger partial charge < -0.3 is 5.32 Å². The number of thiophene rings is 1. The fourth-order valence-corrected chi connectivity index (χ4v) is 2.36. The molecule has 0 atom stereocenters. The Balaban J connectivity index is 2.34. The molecular weight excluding hydrogens is 274 g/mol. The Kier molecular flexibility index (Phi) is 5.36. The Bertz CT molecular complexity index is 382. The van der Waals surface area contributed by atoms with Gasteiger partial charge in [-0.1, -0.05) is 18.2 Å². The maximum atomic E-state index is 11.3. The fourth-order valence-electron chi connectivity index (χ4n) is 0.934. The Morgan fingerprint density at radius 3 is 2.93 bits per heavy atom. The van der Waals surface area contributed by atoms with Crippen molar-refractivity contribution < 1.29 is 4.79 Å². The van der Waals surface area contributed by atoms with Crippen LogP contribution in [0.15, 0.2) is 40.2 Å². The van der Waals surface area contributed by atoms with Crippen molar-refractivity contribution >= 4 is 33.2 Å². The molecule has 0 spiro atoms. The normalized spacial score (nSPS) is 11.3. The van der Waals surface area contributed by atoms with Gasteiger partial charge in [-0.05, 0) is 35.0 Å². The largest absolute Gasteiger partial charge is 0.348 e. The summed E-state index contributed by atoms with van der Waals surface area (Å²) in [6, 6.07) is 3.96. The van der Waals surface area contributed by atoms with Crippen LogP contribution in [0.1, 0.15) is 11.8 Å². The molecule has 0 fully saturated rings. The summed E-state index contributed by atoms with van der Waals surface area (Å²) in [4.78, 5) is 12.4. The Labute approximate surface area is 102 Å². The van der Waals surface area contributed by atoms with Gasteiger partial charge in [-0.2, -0.15) is 0 Å². The molecule has 15 heavy (non-hydrogen) atoms. The lowest BCUT2D eigenvalue weighted by Gasteiger charge is -1.97. The van der Waals surface area contributed by atoms with E-state index in [1.54, 1.807) is 17.4 Å². The van der Waals surface area contributed by atoms with Crippen molar-refractivity contribution in [2.75, 3.05) is 0 Å². The Hall–Kier alpha value is -0.870. The molecule has 0 aliphatic heterocycles. The van der Waals surface area contributed by atoms with Crippen LogP contribution in [0.25, 0.3) is 0 Å². The van der Waals surface area contributed by atoms with Gasteiger partial charge in [0.15, 0.2) is 0 Å². The van der Waals surface area contributed by atoms with Gasteiger partial charge in [-0.3, -0.25) is 4.79 Å². The molecule has 0 aromatic carbocycles. The predicted molar refractivity (Wildman–Crippen MR) is 67.8 cm³/mol. The molecule has 1 N–H and O–H groups in total. The molecule has 80 valence electrons. The third-order valence-electron chi connectivity index (χ3n) is 1.62. The Morgan fingerprint density at radius 2 is 2.33 bits per heavy atom. The molecule has 1 rings (SSSR count). The van der Waals surface area contributed by atoms with Crippen LogP contribution < -0.4 is 5.32 Å². The highest BCUT2D eigenvalue weighted by Crippen LogP contribution is 2.21. The number of nitrogens with one attached hydrogen (secondary N) is 1. The number of carbonyl (C=O) groups is 1. The maximum absolute atomic E-state index is 11.3. The van der Waals surface area contributed by atoms with Gasteiger partial charge in [-0.25, -0.2) is 0 Å². The lowest BCUT2D eigenvalue weighted by molar-refractivity contribution is -0.116. The number of halogens is 1. The molecule has 0 aliphatic carbocycles. The van der Waals surface area contributed by atoms with E-state index in [0.717, 1.165) is 8.66 Å². The van der Waals surface area contributed by atoms with Gasteiger partial charge in [0.2, 0.25) is 5.91 Å². The first-order valence-corrected chi connectivity index (χ1v) is 6.14. The third-order valence-corrected chi connectivity index (χ3v) is 3.24. The van der Waals surface area contributed by atoms with Crippen LogP contribution in [-0.4, -0.2) is 5.91 Å². The van der Waals surface area contributed by atoms with Crippen LogP contribution in [0.5, 0.6) is 0 Å². The number of carbonyl (C=O) groups excluding carboxylic acids is 1. The molecule has 0 bridgehead atoms. The summed E-state index contributed by atoms with van der Waals surface area (Å²) >= 11 is 5.00. The van der Waals surface area contributed by atoms with E-state index in [1.807, 2.05) is 31.2 Å². The lowest BCUT2D eigenvalue weighted by atomic mass is 10.4. The second-order valence-electron chi connectivity index (χ2n) is 2.81. The molecule has 4 heteroatoms. The number of hydrogen-bond acceptors (Lipinski definition) is 2. The summed E-state index contributed by atoms with van der Waals surface area (Å²) in [6.45, 7) is 2.49. The molecule has 2 nitrogen and oxygen atoms in total. The maximum Gasteiger partial charge on any atom is 0.244 e. The molecule has 1 aromatic rings. The molecule has 0 aliphatic rings. The topological polar surface area (TPSA) is 29.1 Å². The first kappa shape index (κ1) is 12.2. The first-order valence-electron chi connectivity index (χ1n) is 4.54. The summed E-state index contributed by atoms with van der Waals surface area (Å²) in [5.74, 6) is -0.0716. The van der Waals surface area contributed by atoms with Crippen molar-refractivity contribution in [1.29, 1.82) is 0 Å². The molecule has 1 aromatic heterocycles. The van der Waals surface area contributed by atoms with Crippen molar-refractivity contribution in [3.8, 4) is 0 Å². The predicted octanol–water partition coefficient (Wildman–Crippen LogP) is 3.26. The quantitative estimate of drug-likeness (QED) is 0.668. The lowest BCUT2D eigenvalue weighted by Crippen LogP contribution is -2.19. The molecular formula is C11H12BrNOS. The number of hydrogen-bond donors (Lipinski definition) is 1. The summed E-state index contributed by atoms with van der Waals surface area (Å²) in [5, 5.41) is 2.80. The van der Waals surface area contributed by atoms with E-state index in [9.17, 15) is 4.79 Å². The fraction of sp³-hybridized carbons (Fsp3) is 0.182. The van der Waals surface area contributed by atoms with Crippen molar-refractivity contribution in [2.45, 2.75) is 13.5 Å². The van der Waals surface area contributed by atoms with Crippen molar-refractivity contribution in [1.82, 2.24) is 5.32 Å². The van der Waals surface area contributed by atoms with E-state index in [1.165, 1.54) is 6.08 Å². The Morgan fingerprint density at radius 1 is 1.53 bits per heavy atom. The van der Waals surface area contributed by atoms with E-state index < -0.39 is 0 Å². The van der Waals surface area contributed by atoms with Crippen molar-refractivity contribution in [3.05, 3.63) is 45.1 Å². The monoisotopic (exact) mass is 285 g/mol. The first-order chi connectivity index (χ1) is 7.22. The van der Waals surface area contributed by atoms with E-state index in [0.29, 0.717) is 6.54 Å². The zero-order valence-electron chi connectivity index (χ0n) is 8.37. The molecule has 1 amide bonds. The SMILES string of the molecule is C/C=C/C=C\C(=O)NCc1ccc(Br)s1. The number of rotatable bonds is 4. The molecule has 0 saturated heterocycles. The van der Waals surface area contributed by atoms with Crippen molar-refractivity contribution in [3.63, 3.8) is 0 Å². The second kappa shape index (κ2) is 6.58. The zero-order valence-corrected chi connectivity index (χ0v) is 10.8. The van der Waals surface area contributed by atoms with Gasteiger partial charge in [0.1, 0.15) is 0 Å². The highest BCUT2D eigenvalue weighted by atomic mass is 79.9. The standard InChI is InChI=1S/C11H12BrNOS/c1-2-3-4-5-11(14)13-8-9-6-7-10(12)15-9/h2-7H,8H2,1H3,(H,13,14)/b3-2+,5-4-. The summed E-state index contributed by atoms with van der Waals surface area (Å²) < 4.78 is 1.08. The summed E-state index contributed by atoms with van der Waals surface area (Å²) in [7, 11) is 0. The third kappa shape index (κ3) is 4.95. The molecule has 1 heterocycles. The molecule has 0 unspecified atom stereocenters. The van der Waals surface area contributed by atoms with E-state index in [2.05, 4.69) is 21.2 Å². The van der Waals surface area contributed by atoms with Crippen LogP contribution in [0, 0.1) is 0 Å². The average Bonchev–Trinajstić information content (AvgIpc) is 2.62. The van der Waals surface area contributed by atoms with Gasteiger partial charge in [0, 0.05) is 11.0 Å². The zero-order chi connectivity index (χ0) is 11.1. The van der Waals surface area contributed by atoms with Crippen molar-refractivity contribution in [2.24, 2.45) is 0 Å². The van der Waals surface area contributed by atoms with Gasteiger partial charge >= 0.3 is 0 Å². The minimum atomic E-state index is -0.0716. The van der Waals surface area contributed by atoms with Gasteiger partial charge in [0.05, 0.1) is 10.3 Å². The van der Waals surface area contributed by atoms with Gasteiger partial charge in [0.25, 0.3) is 0 Å². The highest BCUT2D eigenvalue weighted by molar-refractivity contribution is 9.11. The van der Waals surface area contributed by atoms with E-state index >= 15 is 0 Å². The highest BCUT2D eigenvalue weighted by Gasteiger charge is 1.98. The minimum Gasteiger partial charge on any atom is -0.348 e. The number of amides is 1. The van der Waals surface area contributed by atoms with Crippen LogP contribution >= 0.6 is 27.3 Å². The molecule has 0 radical (unpaired) electrons. The van der Waals surface area contributed by atoms with Crippen LogP contribution in [0.3, 0.4) is 0 Å². The van der Waals surface area contributed by atoms with Crippen LogP contribution in [0.4, 0.5) is 0 Å².